The van der Waals surface area contributed by atoms with Gasteiger partial charge in [-0.3, -0.25) is 0 Å². The van der Waals surface area contributed by atoms with Gasteiger partial charge < -0.3 is 10.5 Å². The van der Waals surface area contributed by atoms with Crippen LogP contribution in [0, 0.1) is 5.41 Å². The van der Waals surface area contributed by atoms with Crippen LogP contribution in [0.4, 0.5) is 0 Å². The summed E-state index contributed by atoms with van der Waals surface area (Å²) in [6, 6.07) is 7.45. The van der Waals surface area contributed by atoms with Crippen LogP contribution >= 0.6 is 11.6 Å². The highest BCUT2D eigenvalue weighted by Gasteiger charge is 2.16. The van der Waals surface area contributed by atoms with Crippen LogP contribution in [0.25, 0.3) is 0 Å². The van der Waals surface area contributed by atoms with Gasteiger partial charge in [0.2, 0.25) is 0 Å². The average Bonchev–Trinajstić information content (AvgIpc) is 2.17. The summed E-state index contributed by atoms with van der Waals surface area (Å²) in [5.74, 6) is 0.718. The van der Waals surface area contributed by atoms with Gasteiger partial charge in [0.1, 0.15) is 5.75 Å². The minimum absolute atomic E-state index is 0.0147. The van der Waals surface area contributed by atoms with Crippen molar-refractivity contribution < 1.29 is 4.74 Å². The average molecular weight is 214 g/mol. The summed E-state index contributed by atoms with van der Waals surface area (Å²) < 4.78 is 5.58. The Kier molecular flexibility index (Phi) is 3.78. The summed E-state index contributed by atoms with van der Waals surface area (Å²) in [4.78, 5) is 0. The first kappa shape index (κ1) is 11.3. The van der Waals surface area contributed by atoms with Crippen LogP contribution in [-0.4, -0.2) is 13.2 Å². The van der Waals surface area contributed by atoms with E-state index >= 15 is 0 Å². The van der Waals surface area contributed by atoms with Crippen molar-refractivity contribution in [2.24, 2.45) is 11.1 Å². The molecule has 1 aromatic rings. The smallest absolute Gasteiger partial charge is 0.137 e. The summed E-state index contributed by atoms with van der Waals surface area (Å²) in [7, 11) is 0. The third kappa shape index (κ3) is 3.20. The molecule has 1 aromatic carbocycles. The number of ether oxygens (including phenoxy) is 1. The molecule has 14 heavy (non-hydrogen) atoms. The normalized spacial score (nSPS) is 11.4. The summed E-state index contributed by atoms with van der Waals surface area (Å²) in [6.45, 7) is 5.29. The molecule has 1 rings (SSSR count). The van der Waals surface area contributed by atoms with Crippen LogP contribution in [0.15, 0.2) is 24.3 Å². The van der Waals surface area contributed by atoms with Crippen LogP contribution in [0.2, 0.25) is 5.02 Å². The van der Waals surface area contributed by atoms with Crippen molar-refractivity contribution in [3.8, 4) is 5.75 Å². The van der Waals surface area contributed by atoms with Gasteiger partial charge in [-0.05, 0) is 12.1 Å². The number of halogens is 1. The molecule has 2 N–H and O–H groups in total. The topological polar surface area (TPSA) is 35.2 Å². The molecule has 0 heterocycles. The van der Waals surface area contributed by atoms with Crippen molar-refractivity contribution in [3.05, 3.63) is 29.3 Å². The maximum absolute atomic E-state index is 5.94. The van der Waals surface area contributed by atoms with Crippen molar-refractivity contribution in [2.75, 3.05) is 13.2 Å². The summed E-state index contributed by atoms with van der Waals surface area (Å²) in [5.41, 5.74) is 5.58. The lowest BCUT2D eigenvalue weighted by Gasteiger charge is -2.22. The maximum Gasteiger partial charge on any atom is 0.137 e. The van der Waals surface area contributed by atoms with E-state index in [1.54, 1.807) is 0 Å². The first-order chi connectivity index (χ1) is 6.55. The largest absolute Gasteiger partial charge is 0.491 e. The molecule has 0 amide bonds. The molecule has 0 atom stereocenters. The zero-order valence-corrected chi connectivity index (χ0v) is 9.34. The van der Waals surface area contributed by atoms with E-state index in [4.69, 9.17) is 22.1 Å². The van der Waals surface area contributed by atoms with Crippen LogP contribution in [-0.2, 0) is 0 Å². The van der Waals surface area contributed by atoms with Gasteiger partial charge in [-0.15, -0.1) is 0 Å². The summed E-state index contributed by atoms with van der Waals surface area (Å²) in [6.07, 6.45) is 0. The second-order valence-corrected chi connectivity index (χ2v) is 4.49. The maximum atomic E-state index is 5.94. The fourth-order valence-electron chi connectivity index (χ4n) is 0.894. The molecule has 0 aliphatic heterocycles. The van der Waals surface area contributed by atoms with Gasteiger partial charge >= 0.3 is 0 Å². The van der Waals surface area contributed by atoms with Gasteiger partial charge in [-0.1, -0.05) is 37.6 Å². The molecule has 3 heteroatoms. The van der Waals surface area contributed by atoms with Crippen molar-refractivity contribution >= 4 is 11.6 Å². The quantitative estimate of drug-likeness (QED) is 0.835. The van der Waals surface area contributed by atoms with E-state index in [1.807, 2.05) is 24.3 Å². The number of nitrogens with two attached hydrogens (primary N) is 1. The molecule has 0 saturated carbocycles. The zero-order valence-electron chi connectivity index (χ0n) is 8.59. The van der Waals surface area contributed by atoms with E-state index in [0.717, 1.165) is 5.75 Å². The highest BCUT2D eigenvalue weighted by molar-refractivity contribution is 6.32. The Morgan fingerprint density at radius 2 is 2.00 bits per heavy atom. The van der Waals surface area contributed by atoms with Crippen molar-refractivity contribution in [1.29, 1.82) is 0 Å². The summed E-state index contributed by atoms with van der Waals surface area (Å²) >= 11 is 5.94. The van der Waals surface area contributed by atoms with E-state index in [0.29, 0.717) is 18.2 Å². The van der Waals surface area contributed by atoms with E-state index in [2.05, 4.69) is 13.8 Å². The number of rotatable bonds is 4. The lowest BCUT2D eigenvalue weighted by molar-refractivity contribution is 0.187. The highest BCUT2D eigenvalue weighted by Crippen LogP contribution is 2.25. The highest BCUT2D eigenvalue weighted by atomic mass is 35.5. The zero-order chi connectivity index (χ0) is 10.6. The molecule has 0 aliphatic carbocycles. The second kappa shape index (κ2) is 4.67. The van der Waals surface area contributed by atoms with Crippen LogP contribution < -0.4 is 10.5 Å². The van der Waals surface area contributed by atoms with Crippen LogP contribution in [0.3, 0.4) is 0 Å². The molecule has 0 bridgehead atoms. The molecule has 0 spiro atoms. The lowest BCUT2D eigenvalue weighted by Crippen LogP contribution is -2.30. The first-order valence-corrected chi connectivity index (χ1v) is 5.00. The van der Waals surface area contributed by atoms with Crippen LogP contribution in [0.5, 0.6) is 5.75 Å². The number of benzene rings is 1. The third-order valence-corrected chi connectivity index (χ3v) is 2.32. The van der Waals surface area contributed by atoms with Gasteiger partial charge in [-0.2, -0.15) is 0 Å². The Morgan fingerprint density at radius 3 is 2.57 bits per heavy atom. The Bertz CT molecular complexity index is 299. The molecule has 2 nitrogen and oxygen atoms in total. The van der Waals surface area contributed by atoms with Crippen molar-refractivity contribution in [2.45, 2.75) is 13.8 Å². The summed E-state index contributed by atoms with van der Waals surface area (Å²) in [5, 5.41) is 0.639. The van der Waals surface area contributed by atoms with Crippen LogP contribution in [0.1, 0.15) is 13.8 Å². The van der Waals surface area contributed by atoms with E-state index < -0.39 is 0 Å². The minimum Gasteiger partial charge on any atom is -0.491 e. The molecule has 0 aromatic heterocycles. The molecular weight excluding hydrogens is 198 g/mol. The minimum atomic E-state index is -0.0147. The van der Waals surface area contributed by atoms with Gasteiger partial charge in [0.05, 0.1) is 11.6 Å². The van der Waals surface area contributed by atoms with Gasteiger partial charge in [0, 0.05) is 12.0 Å². The third-order valence-electron chi connectivity index (χ3n) is 2.01. The standard InChI is InChI=1S/C11H16ClNO/c1-11(2,7-13)8-14-10-6-4-3-5-9(10)12/h3-6H,7-8,13H2,1-2H3. The number of hydrogen-bond acceptors (Lipinski definition) is 2. The first-order valence-electron chi connectivity index (χ1n) is 4.62. The molecule has 0 fully saturated rings. The Morgan fingerprint density at radius 1 is 1.36 bits per heavy atom. The Hall–Kier alpha value is -0.730. The van der Waals surface area contributed by atoms with Crippen molar-refractivity contribution in [1.82, 2.24) is 0 Å². The van der Waals surface area contributed by atoms with E-state index in [-0.39, 0.29) is 5.41 Å². The fraction of sp³-hybridized carbons (Fsp3) is 0.455. The molecule has 0 aliphatic rings. The molecule has 0 saturated heterocycles. The molecule has 78 valence electrons. The second-order valence-electron chi connectivity index (χ2n) is 4.09. The Balaban J connectivity index is 2.58. The lowest BCUT2D eigenvalue weighted by atomic mass is 9.95. The van der Waals surface area contributed by atoms with Crippen molar-refractivity contribution in [3.63, 3.8) is 0 Å². The predicted molar refractivity (Wildman–Crippen MR) is 59.8 cm³/mol. The number of hydrogen-bond donors (Lipinski definition) is 1. The molecular formula is C11H16ClNO. The van der Waals surface area contributed by atoms with Gasteiger partial charge in [-0.25, -0.2) is 0 Å². The molecule has 0 radical (unpaired) electrons. The van der Waals surface area contributed by atoms with E-state index in [9.17, 15) is 0 Å². The van der Waals surface area contributed by atoms with Gasteiger partial charge in [0.15, 0.2) is 0 Å². The number of para-hydroxylation sites is 1. The van der Waals surface area contributed by atoms with Gasteiger partial charge in [0.25, 0.3) is 0 Å². The predicted octanol–water partition coefficient (Wildman–Crippen LogP) is 2.70. The Labute approximate surface area is 90.0 Å². The fourth-order valence-corrected chi connectivity index (χ4v) is 1.08. The monoisotopic (exact) mass is 213 g/mol. The van der Waals surface area contributed by atoms with E-state index in [1.165, 1.54) is 0 Å². The SMILES string of the molecule is CC(C)(CN)COc1ccccc1Cl. The molecule has 0 unspecified atom stereocenters.